The van der Waals surface area contributed by atoms with E-state index in [0.717, 1.165) is 15.4 Å². The molecule has 0 aromatic heterocycles. The van der Waals surface area contributed by atoms with Gasteiger partial charge in [-0.3, -0.25) is 13.9 Å². The standard InChI is InChI=1S/C30H37N3O4S/c1-5-28(30(35)31-4)32(21-20-24-12-8-6-9-13-24)29(34)22-33(26-18-16-25(17-19-26)23(2)3)38(36,37)27-14-10-7-11-15-27/h6-19,23,28H,5,20-22H2,1-4H3,(H,31,35)/t28-/m0/s1. The third-order valence-electron chi connectivity index (χ3n) is 6.57. The Kier molecular flexibility index (Phi) is 10.1. The number of benzene rings is 3. The Morgan fingerprint density at radius 3 is 1.97 bits per heavy atom. The van der Waals surface area contributed by atoms with Crippen molar-refractivity contribution in [3.8, 4) is 0 Å². The molecule has 202 valence electrons. The van der Waals surface area contributed by atoms with Gasteiger partial charge in [0.2, 0.25) is 11.8 Å². The Labute approximate surface area is 226 Å². The van der Waals surface area contributed by atoms with Gasteiger partial charge in [0, 0.05) is 13.6 Å². The molecule has 0 aliphatic rings. The Balaban J connectivity index is 2.00. The van der Waals surface area contributed by atoms with Crippen LogP contribution in [0, 0.1) is 0 Å². The summed E-state index contributed by atoms with van der Waals surface area (Å²) >= 11 is 0. The molecule has 0 radical (unpaired) electrons. The van der Waals surface area contributed by atoms with E-state index in [4.69, 9.17) is 0 Å². The van der Waals surface area contributed by atoms with E-state index in [1.54, 1.807) is 30.3 Å². The molecule has 0 fully saturated rings. The predicted octanol–water partition coefficient (Wildman–Crippen LogP) is 4.60. The minimum absolute atomic E-state index is 0.0925. The van der Waals surface area contributed by atoms with Crippen molar-refractivity contribution in [3.63, 3.8) is 0 Å². The van der Waals surface area contributed by atoms with Crippen LogP contribution < -0.4 is 9.62 Å². The van der Waals surface area contributed by atoms with Gasteiger partial charge in [0.05, 0.1) is 10.6 Å². The molecule has 3 aromatic carbocycles. The zero-order valence-electron chi connectivity index (χ0n) is 22.5. The first-order valence-corrected chi connectivity index (χ1v) is 14.4. The fourth-order valence-corrected chi connectivity index (χ4v) is 5.77. The largest absolute Gasteiger partial charge is 0.357 e. The summed E-state index contributed by atoms with van der Waals surface area (Å²) in [6.07, 6.45) is 0.934. The first kappa shape index (κ1) is 28.9. The summed E-state index contributed by atoms with van der Waals surface area (Å²) in [6.45, 7) is 5.81. The molecule has 0 unspecified atom stereocenters. The summed E-state index contributed by atoms with van der Waals surface area (Å²) in [5, 5.41) is 2.64. The van der Waals surface area contributed by atoms with E-state index in [1.807, 2.05) is 49.4 Å². The average Bonchev–Trinajstić information content (AvgIpc) is 2.94. The van der Waals surface area contributed by atoms with Crippen LogP contribution in [-0.2, 0) is 26.0 Å². The first-order valence-electron chi connectivity index (χ1n) is 12.9. The SMILES string of the molecule is CC[C@@H](C(=O)NC)N(CCc1ccccc1)C(=O)CN(c1ccc(C(C)C)cc1)S(=O)(=O)c1ccccc1. The molecule has 0 bridgehead atoms. The molecule has 2 amide bonds. The smallest absolute Gasteiger partial charge is 0.264 e. The molecule has 0 heterocycles. The number of amides is 2. The Hall–Kier alpha value is -3.65. The Morgan fingerprint density at radius 1 is 0.868 bits per heavy atom. The fraction of sp³-hybridized carbons (Fsp3) is 0.333. The van der Waals surface area contributed by atoms with Crippen LogP contribution in [0.5, 0.6) is 0 Å². The van der Waals surface area contributed by atoms with Crippen molar-refractivity contribution >= 4 is 27.5 Å². The number of anilines is 1. The summed E-state index contributed by atoms with van der Waals surface area (Å²) in [7, 11) is -2.52. The molecule has 0 saturated carbocycles. The van der Waals surface area contributed by atoms with E-state index >= 15 is 0 Å². The van der Waals surface area contributed by atoms with Crippen LogP contribution in [0.3, 0.4) is 0 Å². The van der Waals surface area contributed by atoms with Gasteiger partial charge in [0.1, 0.15) is 12.6 Å². The summed E-state index contributed by atoms with van der Waals surface area (Å²) in [4.78, 5) is 28.2. The monoisotopic (exact) mass is 535 g/mol. The highest BCUT2D eigenvalue weighted by atomic mass is 32.2. The van der Waals surface area contributed by atoms with Gasteiger partial charge < -0.3 is 10.2 Å². The molecule has 0 aliphatic carbocycles. The van der Waals surface area contributed by atoms with Crippen molar-refractivity contribution in [2.75, 3.05) is 24.4 Å². The van der Waals surface area contributed by atoms with E-state index in [2.05, 4.69) is 19.2 Å². The van der Waals surface area contributed by atoms with Gasteiger partial charge in [-0.2, -0.15) is 0 Å². The lowest BCUT2D eigenvalue weighted by atomic mass is 10.0. The molecule has 7 nitrogen and oxygen atoms in total. The zero-order valence-corrected chi connectivity index (χ0v) is 23.3. The van der Waals surface area contributed by atoms with Crippen LogP contribution in [0.2, 0.25) is 0 Å². The van der Waals surface area contributed by atoms with Gasteiger partial charge in [-0.15, -0.1) is 0 Å². The average molecular weight is 536 g/mol. The molecule has 1 atom stereocenters. The number of hydrogen-bond donors (Lipinski definition) is 1. The van der Waals surface area contributed by atoms with Crippen molar-refractivity contribution in [2.45, 2.75) is 50.5 Å². The molecule has 0 saturated heterocycles. The maximum absolute atomic E-state index is 13.9. The third kappa shape index (κ3) is 7.01. The minimum Gasteiger partial charge on any atom is -0.357 e. The fourth-order valence-electron chi connectivity index (χ4n) is 4.34. The van der Waals surface area contributed by atoms with Gasteiger partial charge >= 0.3 is 0 Å². The molecule has 8 heteroatoms. The van der Waals surface area contributed by atoms with E-state index in [9.17, 15) is 18.0 Å². The van der Waals surface area contributed by atoms with E-state index in [-0.39, 0.29) is 23.3 Å². The summed E-state index contributed by atoms with van der Waals surface area (Å²) in [5.74, 6) is -0.451. The molecule has 0 aliphatic heterocycles. The van der Waals surface area contributed by atoms with Gasteiger partial charge in [-0.25, -0.2) is 8.42 Å². The van der Waals surface area contributed by atoms with Crippen molar-refractivity contribution < 1.29 is 18.0 Å². The summed E-state index contributed by atoms with van der Waals surface area (Å²) < 4.78 is 28.7. The molecular formula is C30H37N3O4S. The Morgan fingerprint density at radius 2 is 1.45 bits per heavy atom. The van der Waals surface area contributed by atoms with Crippen LogP contribution in [0.4, 0.5) is 5.69 Å². The van der Waals surface area contributed by atoms with Crippen LogP contribution in [0.15, 0.2) is 89.8 Å². The third-order valence-corrected chi connectivity index (χ3v) is 8.36. The molecule has 0 spiro atoms. The van der Waals surface area contributed by atoms with Gasteiger partial charge in [0.15, 0.2) is 0 Å². The highest BCUT2D eigenvalue weighted by Crippen LogP contribution is 2.26. The molecule has 1 N–H and O–H groups in total. The summed E-state index contributed by atoms with van der Waals surface area (Å²) in [6, 6.07) is 24.3. The number of carbonyl (C=O) groups is 2. The lowest BCUT2D eigenvalue weighted by Gasteiger charge is -2.33. The normalized spacial score (nSPS) is 12.1. The molecule has 3 rings (SSSR count). The number of hydrogen-bond acceptors (Lipinski definition) is 4. The van der Waals surface area contributed by atoms with Crippen molar-refractivity contribution in [3.05, 3.63) is 96.1 Å². The second-order valence-corrected chi connectivity index (χ2v) is 11.3. The van der Waals surface area contributed by atoms with E-state index in [1.165, 1.54) is 24.1 Å². The van der Waals surface area contributed by atoms with Crippen molar-refractivity contribution in [1.29, 1.82) is 0 Å². The van der Waals surface area contributed by atoms with E-state index < -0.39 is 28.5 Å². The predicted molar refractivity (Wildman–Crippen MR) is 152 cm³/mol. The topological polar surface area (TPSA) is 86.8 Å². The molecule has 38 heavy (non-hydrogen) atoms. The van der Waals surface area contributed by atoms with Gasteiger partial charge in [0.25, 0.3) is 10.0 Å². The summed E-state index contributed by atoms with van der Waals surface area (Å²) in [5.41, 5.74) is 2.48. The lowest BCUT2D eigenvalue weighted by molar-refractivity contribution is -0.139. The van der Waals surface area contributed by atoms with Crippen molar-refractivity contribution in [1.82, 2.24) is 10.2 Å². The highest BCUT2D eigenvalue weighted by molar-refractivity contribution is 7.92. The maximum Gasteiger partial charge on any atom is 0.264 e. The van der Waals surface area contributed by atoms with Crippen LogP contribution in [-0.4, -0.2) is 51.3 Å². The number of rotatable bonds is 12. The molecule has 3 aromatic rings. The first-order chi connectivity index (χ1) is 18.2. The Bertz CT molecular complexity index is 1290. The minimum atomic E-state index is -4.06. The number of nitrogens with one attached hydrogen (secondary N) is 1. The number of likely N-dealkylation sites (N-methyl/N-ethyl adjacent to an activating group) is 1. The van der Waals surface area contributed by atoms with Crippen LogP contribution in [0.1, 0.15) is 44.2 Å². The second kappa shape index (κ2) is 13.2. The van der Waals surface area contributed by atoms with Crippen LogP contribution in [0.25, 0.3) is 0 Å². The highest BCUT2D eigenvalue weighted by Gasteiger charge is 2.33. The number of carbonyl (C=O) groups excluding carboxylic acids is 2. The number of sulfonamides is 1. The van der Waals surface area contributed by atoms with Crippen molar-refractivity contribution in [2.24, 2.45) is 0 Å². The maximum atomic E-state index is 13.9. The molecular weight excluding hydrogens is 498 g/mol. The van der Waals surface area contributed by atoms with Crippen LogP contribution >= 0.6 is 0 Å². The van der Waals surface area contributed by atoms with Gasteiger partial charge in [-0.05, 0) is 54.2 Å². The van der Waals surface area contributed by atoms with E-state index in [0.29, 0.717) is 18.5 Å². The quantitative estimate of drug-likeness (QED) is 0.367. The van der Waals surface area contributed by atoms with Gasteiger partial charge in [-0.1, -0.05) is 81.4 Å². The number of nitrogens with zero attached hydrogens (tertiary/aromatic N) is 2. The zero-order chi connectivity index (χ0) is 27.7. The second-order valence-electron chi connectivity index (χ2n) is 9.43. The lowest BCUT2D eigenvalue weighted by Crippen LogP contribution is -2.52.